The number of carboxylic acids is 2. The third-order valence-electron chi connectivity index (χ3n) is 6.62. The number of carboxylic acid groups (broad SMARTS) is 2. The number of thiocarbonyl (C=S) groups is 2. The molecule has 0 aromatic heterocycles. The molecule has 0 atom stereocenters. The molecule has 0 aliphatic carbocycles. The molecule has 50 heavy (non-hydrogen) atoms. The van der Waals surface area contributed by atoms with Gasteiger partial charge < -0.3 is 31.5 Å². The lowest BCUT2D eigenvalue weighted by molar-refractivity contribution is 0.0686. The highest BCUT2D eigenvalue weighted by molar-refractivity contribution is 9.11. The zero-order valence-corrected chi connectivity index (χ0v) is 30.3. The second kappa shape index (κ2) is 17.3. The quantitative estimate of drug-likeness (QED) is 0.0471. The maximum absolute atomic E-state index is 10.9. The summed E-state index contributed by atoms with van der Waals surface area (Å²) >= 11 is 16.8. The van der Waals surface area contributed by atoms with Gasteiger partial charge in [0, 0.05) is 26.7 Å². The van der Waals surface area contributed by atoms with Crippen LogP contribution in [-0.4, -0.2) is 55.0 Å². The Balaban J connectivity index is 0.000000226. The van der Waals surface area contributed by atoms with Crippen LogP contribution in [0.25, 0.3) is 10.8 Å². The number of nitrogens with one attached hydrogen (secondary N) is 2. The highest BCUT2D eigenvalue weighted by Gasteiger charge is 2.12. The average Bonchev–Trinajstić information content (AvgIpc) is 3.08. The Kier molecular flexibility index (Phi) is 12.9. The number of aromatic hydroxyl groups is 2. The fourth-order valence-electron chi connectivity index (χ4n) is 4.23. The van der Waals surface area contributed by atoms with Gasteiger partial charge in [0.05, 0.1) is 33.7 Å². The molecule has 0 saturated heterocycles. The van der Waals surface area contributed by atoms with Crippen LogP contribution in [0.3, 0.4) is 0 Å². The van der Waals surface area contributed by atoms with Crippen molar-refractivity contribution in [1.82, 2.24) is 5.43 Å². The molecule has 0 aliphatic rings. The minimum absolute atomic E-state index is 0.000697. The number of carbonyl (C=O) groups is 2. The van der Waals surface area contributed by atoms with Crippen LogP contribution in [0.4, 0.5) is 11.4 Å². The van der Waals surface area contributed by atoms with E-state index in [0.717, 1.165) is 27.0 Å². The lowest BCUT2D eigenvalue weighted by Gasteiger charge is -2.17. The van der Waals surface area contributed by atoms with Crippen molar-refractivity contribution in [2.75, 3.05) is 10.3 Å². The first-order chi connectivity index (χ1) is 23.8. The highest BCUT2D eigenvalue weighted by Crippen LogP contribution is 2.31. The van der Waals surface area contributed by atoms with Crippen LogP contribution in [0.2, 0.25) is 0 Å². The molecular weight excluding hydrogens is 812 g/mol. The lowest BCUT2D eigenvalue weighted by Crippen LogP contribution is -2.31. The number of nitrogens with two attached hydrogens (primary N) is 1. The van der Waals surface area contributed by atoms with Gasteiger partial charge >= 0.3 is 11.9 Å². The summed E-state index contributed by atoms with van der Waals surface area (Å²) in [6.07, 6.45) is 2.76. The Morgan fingerprint density at radius 1 is 0.800 bits per heavy atom. The summed E-state index contributed by atoms with van der Waals surface area (Å²) in [5.41, 5.74) is 10.6. The summed E-state index contributed by atoms with van der Waals surface area (Å²) < 4.78 is 1.26. The van der Waals surface area contributed by atoms with Gasteiger partial charge in [-0.25, -0.2) is 14.6 Å². The number of hydrogen-bond acceptors (Lipinski definition) is 8. The van der Waals surface area contributed by atoms with Gasteiger partial charge in [0.25, 0.3) is 0 Å². The Morgan fingerprint density at radius 3 is 2.12 bits per heavy atom. The van der Waals surface area contributed by atoms with Crippen LogP contribution >= 0.6 is 56.3 Å². The molecule has 0 fully saturated rings. The van der Waals surface area contributed by atoms with E-state index in [4.69, 9.17) is 40.4 Å². The van der Waals surface area contributed by atoms with Gasteiger partial charge in [0.15, 0.2) is 10.2 Å². The Bertz CT molecular complexity index is 2140. The second-order valence-electron chi connectivity index (χ2n) is 10.0. The van der Waals surface area contributed by atoms with E-state index in [1.807, 2.05) is 42.5 Å². The Hall–Kier alpha value is -5.42. The molecule has 5 aromatic carbocycles. The third kappa shape index (κ3) is 10.1. The van der Waals surface area contributed by atoms with E-state index < -0.39 is 11.9 Å². The molecular formula is C34H26Br2N6O6S2. The molecule has 0 aliphatic heterocycles. The van der Waals surface area contributed by atoms with Gasteiger partial charge in [-0.05, 0) is 106 Å². The molecule has 254 valence electrons. The van der Waals surface area contributed by atoms with Crippen molar-refractivity contribution in [3.8, 4) is 11.5 Å². The topological polar surface area (TPSA) is 193 Å². The molecule has 0 saturated carbocycles. The zero-order valence-electron chi connectivity index (χ0n) is 25.5. The van der Waals surface area contributed by atoms with Gasteiger partial charge in [-0.1, -0.05) is 52.3 Å². The van der Waals surface area contributed by atoms with Crippen LogP contribution in [0.15, 0.2) is 116 Å². The molecule has 0 radical (unpaired) electrons. The van der Waals surface area contributed by atoms with E-state index in [9.17, 15) is 19.8 Å². The van der Waals surface area contributed by atoms with Crippen molar-refractivity contribution in [3.63, 3.8) is 0 Å². The lowest BCUT2D eigenvalue weighted by atomic mass is 10.1. The largest absolute Gasteiger partial charge is 0.507 e. The van der Waals surface area contributed by atoms with Crippen molar-refractivity contribution in [3.05, 3.63) is 128 Å². The molecule has 0 bridgehead atoms. The molecule has 5 aromatic rings. The van der Waals surface area contributed by atoms with E-state index in [0.29, 0.717) is 26.4 Å². The second-order valence-corrected chi connectivity index (χ2v) is 12.6. The number of rotatable bonds is 8. The van der Waals surface area contributed by atoms with Gasteiger partial charge in [-0.3, -0.25) is 5.43 Å². The number of nitrogens with zero attached hydrogens (tertiary/aromatic N) is 3. The Labute approximate surface area is 312 Å². The minimum atomic E-state index is -1.11. The van der Waals surface area contributed by atoms with Gasteiger partial charge in [-0.2, -0.15) is 10.2 Å². The van der Waals surface area contributed by atoms with Crippen molar-refractivity contribution in [2.45, 2.75) is 0 Å². The summed E-state index contributed by atoms with van der Waals surface area (Å²) in [5.74, 6) is -2.30. The van der Waals surface area contributed by atoms with Gasteiger partial charge in [0.2, 0.25) is 0 Å². The summed E-state index contributed by atoms with van der Waals surface area (Å²) in [6, 6.07) is 27.1. The smallest absolute Gasteiger partial charge is 0.335 e. The molecule has 0 heterocycles. The molecule has 0 unspecified atom stereocenters. The molecule has 16 heteroatoms. The molecule has 5 rings (SSSR count). The monoisotopic (exact) mass is 836 g/mol. The summed E-state index contributed by atoms with van der Waals surface area (Å²) in [7, 11) is 0. The van der Waals surface area contributed by atoms with Gasteiger partial charge in [0.1, 0.15) is 11.5 Å². The number of hydrogen-bond donors (Lipinski definition) is 7. The first kappa shape index (κ1) is 37.4. The van der Waals surface area contributed by atoms with E-state index in [1.165, 1.54) is 53.8 Å². The SMILES string of the molecule is NC(=S)N(N=Cc1cc(Br)cc(Br)c1O)c1ccc(C(=O)O)cc1.O=C(O)c1ccc(C=NNC(=S)Nc2cccc3ccccc23)c(O)c1. The predicted molar refractivity (Wildman–Crippen MR) is 210 cm³/mol. The molecule has 0 amide bonds. The number of halogens is 2. The first-order valence-corrected chi connectivity index (χ1v) is 16.5. The number of anilines is 2. The van der Waals surface area contributed by atoms with E-state index >= 15 is 0 Å². The van der Waals surface area contributed by atoms with Crippen LogP contribution in [0.1, 0.15) is 31.8 Å². The van der Waals surface area contributed by atoms with Crippen LogP contribution in [0.5, 0.6) is 11.5 Å². The zero-order chi connectivity index (χ0) is 36.4. The summed E-state index contributed by atoms with van der Waals surface area (Å²) in [5, 5.41) is 52.5. The van der Waals surface area contributed by atoms with Crippen molar-refractivity contribution >= 4 is 113 Å². The maximum Gasteiger partial charge on any atom is 0.335 e. The highest BCUT2D eigenvalue weighted by atomic mass is 79.9. The average molecular weight is 839 g/mol. The fraction of sp³-hybridized carbons (Fsp3) is 0. The summed E-state index contributed by atoms with van der Waals surface area (Å²) in [4.78, 5) is 21.7. The van der Waals surface area contributed by atoms with Crippen molar-refractivity contribution in [1.29, 1.82) is 0 Å². The number of aromatic carboxylic acids is 2. The standard InChI is InChI=1S/C19H15N3O3S.C15H11Br2N3O3S/c23-17-10-13(18(24)25)8-9-14(17)11-20-22-19(26)21-16-7-3-5-12-4-1-2-6-15(12)16;16-10-5-9(13(21)12(17)6-10)7-19-20(15(18)24)11-3-1-8(2-4-11)14(22)23/h1-11,23H,(H,24,25)(H2,21,22,26);1-7,21H,(H2,18,24)(H,22,23). The number of fused-ring (bicyclic) bond motifs is 1. The Morgan fingerprint density at radius 2 is 1.46 bits per heavy atom. The predicted octanol–water partition coefficient (Wildman–Crippen LogP) is 7.26. The number of hydrazone groups is 2. The minimum Gasteiger partial charge on any atom is -0.507 e. The van der Waals surface area contributed by atoms with Crippen molar-refractivity contribution in [2.24, 2.45) is 15.9 Å². The molecule has 12 nitrogen and oxygen atoms in total. The van der Waals surface area contributed by atoms with E-state index in [1.54, 1.807) is 12.1 Å². The normalized spacial score (nSPS) is 10.8. The number of phenols is 2. The summed E-state index contributed by atoms with van der Waals surface area (Å²) in [6.45, 7) is 0. The fourth-order valence-corrected chi connectivity index (χ4v) is 5.80. The van der Waals surface area contributed by atoms with E-state index in [2.05, 4.69) is 52.8 Å². The van der Waals surface area contributed by atoms with Crippen LogP contribution < -0.4 is 21.5 Å². The number of benzene rings is 5. The third-order valence-corrected chi connectivity index (χ3v) is 8.05. The van der Waals surface area contributed by atoms with Gasteiger partial charge in [-0.15, -0.1) is 0 Å². The first-order valence-electron chi connectivity index (χ1n) is 14.1. The van der Waals surface area contributed by atoms with Crippen LogP contribution in [0, 0.1) is 0 Å². The maximum atomic E-state index is 10.9. The number of phenolic OH excluding ortho intramolecular Hbond substituents is 2. The van der Waals surface area contributed by atoms with Crippen LogP contribution in [-0.2, 0) is 0 Å². The molecule has 0 spiro atoms. The van der Waals surface area contributed by atoms with Crippen molar-refractivity contribution < 1.29 is 30.0 Å². The molecule has 8 N–H and O–H groups in total. The van der Waals surface area contributed by atoms with E-state index in [-0.39, 0.29) is 27.7 Å².